The van der Waals surface area contributed by atoms with Crippen molar-refractivity contribution in [3.63, 3.8) is 0 Å². The van der Waals surface area contributed by atoms with Crippen LogP contribution in [0.25, 0.3) is 38.2 Å². The standard InChI is InChI=1S/C28H19Cl2N3O2S2/c1-16-6-7-17(14-21(16)30)24-12-9-19(35-24)10-13-26(34)33-28(36)32-23-15-18(8-11-20(23)29)27-31-22-4-2-3-5-25(22)37-27/h2-15H,1H3,(H2,32,33,34,36)/b13-10+. The molecule has 5 nitrogen and oxygen atoms in total. The zero-order chi connectivity index (χ0) is 25.9. The minimum Gasteiger partial charge on any atom is -0.457 e. The number of aryl methyl sites for hydroxylation is 1. The molecule has 0 fully saturated rings. The molecule has 2 N–H and O–H groups in total. The first-order chi connectivity index (χ1) is 17.9. The van der Waals surface area contributed by atoms with E-state index in [1.165, 1.54) is 6.08 Å². The molecule has 0 unspecified atom stereocenters. The van der Waals surface area contributed by atoms with E-state index in [2.05, 4.69) is 15.6 Å². The summed E-state index contributed by atoms with van der Waals surface area (Å²) in [5.41, 5.74) is 4.25. The molecule has 1 amide bonds. The number of nitrogens with one attached hydrogen (secondary N) is 2. The highest BCUT2D eigenvalue weighted by Gasteiger charge is 2.11. The van der Waals surface area contributed by atoms with Gasteiger partial charge in [-0.25, -0.2) is 4.98 Å². The van der Waals surface area contributed by atoms with Crippen molar-refractivity contribution in [2.24, 2.45) is 0 Å². The van der Waals surface area contributed by atoms with Gasteiger partial charge in [-0.1, -0.05) is 53.5 Å². The number of carbonyl (C=O) groups excluding carboxylic acids is 1. The number of amides is 1. The average molecular weight is 565 g/mol. The second kappa shape index (κ2) is 10.9. The van der Waals surface area contributed by atoms with Gasteiger partial charge in [0.25, 0.3) is 0 Å². The van der Waals surface area contributed by atoms with Crippen molar-refractivity contribution >= 4 is 79.8 Å². The van der Waals surface area contributed by atoms with Crippen molar-refractivity contribution in [3.8, 4) is 21.9 Å². The number of hydrogen-bond acceptors (Lipinski definition) is 5. The van der Waals surface area contributed by atoms with E-state index in [4.69, 9.17) is 39.8 Å². The van der Waals surface area contributed by atoms with E-state index in [-0.39, 0.29) is 5.11 Å². The number of nitrogens with zero attached hydrogens (tertiary/aromatic N) is 1. The summed E-state index contributed by atoms with van der Waals surface area (Å²) in [6.45, 7) is 1.94. The van der Waals surface area contributed by atoms with Gasteiger partial charge < -0.3 is 9.73 Å². The number of hydrogen-bond donors (Lipinski definition) is 2. The number of fused-ring (bicyclic) bond motifs is 1. The number of para-hydroxylation sites is 1. The Morgan fingerprint density at radius 3 is 2.62 bits per heavy atom. The number of carbonyl (C=O) groups is 1. The van der Waals surface area contributed by atoms with Crippen molar-refractivity contribution in [2.75, 3.05) is 5.32 Å². The second-order valence-corrected chi connectivity index (χ2v) is 10.4. The molecule has 0 aliphatic heterocycles. The molecule has 0 spiro atoms. The van der Waals surface area contributed by atoms with Crippen LogP contribution in [0.1, 0.15) is 11.3 Å². The predicted molar refractivity (Wildman–Crippen MR) is 157 cm³/mol. The Balaban J connectivity index is 1.23. The highest BCUT2D eigenvalue weighted by molar-refractivity contribution is 7.80. The molecule has 9 heteroatoms. The SMILES string of the molecule is Cc1ccc(-c2ccc(/C=C/C(=O)NC(=S)Nc3cc(-c4nc5ccccc5s4)ccc3Cl)o2)cc1Cl. The van der Waals surface area contributed by atoms with Crippen LogP contribution in [0.3, 0.4) is 0 Å². The molecular formula is C28H19Cl2N3O2S2. The fraction of sp³-hybridized carbons (Fsp3) is 0.0357. The van der Waals surface area contributed by atoms with Gasteiger partial charge in [-0.05, 0) is 73.2 Å². The number of thiazole rings is 1. The van der Waals surface area contributed by atoms with Crippen LogP contribution in [0, 0.1) is 6.92 Å². The monoisotopic (exact) mass is 563 g/mol. The van der Waals surface area contributed by atoms with E-state index in [0.29, 0.717) is 27.3 Å². The minimum atomic E-state index is -0.410. The number of halogens is 2. The van der Waals surface area contributed by atoms with Gasteiger partial charge >= 0.3 is 0 Å². The van der Waals surface area contributed by atoms with Crippen LogP contribution in [-0.4, -0.2) is 16.0 Å². The third-order valence-corrected chi connectivity index (χ3v) is 7.50. The highest BCUT2D eigenvalue weighted by Crippen LogP contribution is 2.34. The summed E-state index contributed by atoms with van der Waals surface area (Å²) in [6.07, 6.45) is 2.91. The van der Waals surface area contributed by atoms with Crippen LogP contribution in [0.2, 0.25) is 10.0 Å². The molecule has 0 saturated carbocycles. The molecular weight excluding hydrogens is 545 g/mol. The van der Waals surface area contributed by atoms with Gasteiger partial charge in [-0.2, -0.15) is 0 Å². The van der Waals surface area contributed by atoms with Gasteiger partial charge in [-0.15, -0.1) is 11.3 Å². The van der Waals surface area contributed by atoms with Crippen molar-refractivity contribution < 1.29 is 9.21 Å². The van der Waals surface area contributed by atoms with E-state index in [9.17, 15) is 4.79 Å². The fourth-order valence-electron chi connectivity index (χ4n) is 3.56. The lowest BCUT2D eigenvalue weighted by atomic mass is 10.1. The summed E-state index contributed by atoms with van der Waals surface area (Å²) in [6, 6.07) is 22.8. The third-order valence-electron chi connectivity index (χ3n) is 5.47. The van der Waals surface area contributed by atoms with Gasteiger partial charge in [0.1, 0.15) is 16.5 Å². The maximum Gasteiger partial charge on any atom is 0.250 e. The van der Waals surface area contributed by atoms with Crippen LogP contribution >= 0.6 is 46.8 Å². The van der Waals surface area contributed by atoms with Crippen molar-refractivity contribution in [2.45, 2.75) is 6.92 Å². The Morgan fingerprint density at radius 2 is 1.81 bits per heavy atom. The fourth-order valence-corrected chi connectivity index (χ4v) is 5.08. The van der Waals surface area contributed by atoms with E-state index >= 15 is 0 Å². The first-order valence-corrected chi connectivity index (χ1v) is 13.2. The Hall–Kier alpha value is -3.49. The largest absolute Gasteiger partial charge is 0.457 e. The zero-order valence-electron chi connectivity index (χ0n) is 19.4. The summed E-state index contributed by atoms with van der Waals surface area (Å²) in [7, 11) is 0. The first-order valence-electron chi connectivity index (χ1n) is 11.2. The summed E-state index contributed by atoms with van der Waals surface area (Å²) in [4.78, 5) is 17.1. The Bertz CT molecular complexity index is 1640. The Kier molecular flexibility index (Phi) is 7.39. The number of benzene rings is 3. The van der Waals surface area contributed by atoms with E-state index < -0.39 is 5.91 Å². The number of thiocarbonyl (C=S) groups is 1. The normalized spacial score (nSPS) is 11.2. The molecule has 0 bridgehead atoms. The zero-order valence-corrected chi connectivity index (χ0v) is 22.6. The number of furan rings is 1. The third kappa shape index (κ3) is 5.92. The molecule has 0 atom stereocenters. The Morgan fingerprint density at radius 1 is 1.00 bits per heavy atom. The lowest BCUT2D eigenvalue weighted by Gasteiger charge is -2.11. The van der Waals surface area contributed by atoms with Crippen LogP contribution in [-0.2, 0) is 4.79 Å². The van der Waals surface area contributed by atoms with Crippen LogP contribution < -0.4 is 10.6 Å². The summed E-state index contributed by atoms with van der Waals surface area (Å²) in [5.74, 6) is 0.765. The lowest BCUT2D eigenvalue weighted by Crippen LogP contribution is -2.32. The van der Waals surface area contributed by atoms with E-state index in [1.54, 1.807) is 29.5 Å². The Labute approximate surface area is 232 Å². The molecule has 3 aromatic carbocycles. The molecule has 5 aromatic rings. The van der Waals surface area contributed by atoms with Crippen molar-refractivity contribution in [1.82, 2.24) is 10.3 Å². The molecule has 2 aromatic heterocycles. The number of aromatic nitrogens is 1. The van der Waals surface area contributed by atoms with Gasteiger partial charge in [0, 0.05) is 22.2 Å². The van der Waals surface area contributed by atoms with Gasteiger partial charge in [0.15, 0.2) is 5.11 Å². The smallest absolute Gasteiger partial charge is 0.250 e. The second-order valence-electron chi connectivity index (χ2n) is 8.12. The van der Waals surface area contributed by atoms with E-state index in [1.807, 2.05) is 67.6 Å². The maximum absolute atomic E-state index is 12.4. The molecule has 0 radical (unpaired) electrons. The predicted octanol–water partition coefficient (Wildman–Crippen LogP) is 8.36. The van der Waals surface area contributed by atoms with Crippen molar-refractivity contribution in [3.05, 3.63) is 100 Å². The minimum absolute atomic E-state index is 0.118. The van der Waals surface area contributed by atoms with Gasteiger partial charge in [0.05, 0.1) is 20.9 Å². The first kappa shape index (κ1) is 25.2. The quantitative estimate of drug-likeness (QED) is 0.166. The molecule has 0 saturated heterocycles. The number of anilines is 1. The van der Waals surface area contributed by atoms with Crippen LogP contribution in [0.15, 0.2) is 83.3 Å². The molecule has 0 aliphatic carbocycles. The van der Waals surface area contributed by atoms with Crippen LogP contribution in [0.5, 0.6) is 0 Å². The molecule has 184 valence electrons. The number of rotatable bonds is 5. The molecule has 5 rings (SSSR count). The summed E-state index contributed by atoms with van der Waals surface area (Å²) >= 11 is 19.5. The van der Waals surface area contributed by atoms with Gasteiger partial charge in [0.2, 0.25) is 5.91 Å². The lowest BCUT2D eigenvalue weighted by molar-refractivity contribution is -0.115. The van der Waals surface area contributed by atoms with Gasteiger partial charge in [-0.3, -0.25) is 10.1 Å². The molecule has 0 aliphatic rings. The van der Waals surface area contributed by atoms with E-state index in [0.717, 1.165) is 31.9 Å². The summed E-state index contributed by atoms with van der Waals surface area (Å²) in [5, 5.41) is 7.73. The average Bonchev–Trinajstić information content (AvgIpc) is 3.53. The topological polar surface area (TPSA) is 67.2 Å². The van der Waals surface area contributed by atoms with Crippen molar-refractivity contribution in [1.29, 1.82) is 0 Å². The maximum atomic E-state index is 12.4. The molecule has 37 heavy (non-hydrogen) atoms. The summed E-state index contributed by atoms with van der Waals surface area (Å²) < 4.78 is 6.91. The van der Waals surface area contributed by atoms with Crippen LogP contribution in [0.4, 0.5) is 5.69 Å². The molecule has 2 heterocycles. The highest BCUT2D eigenvalue weighted by atomic mass is 35.5.